The molecule has 0 radical (unpaired) electrons. The van der Waals surface area contributed by atoms with Crippen molar-refractivity contribution in [2.75, 3.05) is 0 Å². The van der Waals surface area contributed by atoms with Crippen molar-refractivity contribution in [3.63, 3.8) is 0 Å². The number of rotatable bonds is 4. The summed E-state index contributed by atoms with van der Waals surface area (Å²) in [5.74, 6) is 0.0893. The van der Waals surface area contributed by atoms with E-state index in [0.29, 0.717) is 0 Å². The number of carbonyl (C=O) groups is 1. The van der Waals surface area contributed by atoms with Crippen LogP contribution in [0.15, 0.2) is 64.5 Å². The van der Waals surface area contributed by atoms with Gasteiger partial charge in [0, 0.05) is 26.7 Å². The van der Waals surface area contributed by atoms with Gasteiger partial charge in [0.1, 0.15) is 0 Å². The molecule has 35 heavy (non-hydrogen) atoms. The molecule has 1 amide bonds. The maximum absolute atomic E-state index is 13.7. The normalized spacial score (nSPS) is 19.3. The lowest BCUT2D eigenvalue weighted by molar-refractivity contribution is -0.124. The van der Waals surface area contributed by atoms with E-state index in [9.17, 15) is 4.79 Å². The Balaban J connectivity index is 1.52. The first-order chi connectivity index (χ1) is 16.9. The first-order valence-corrected chi connectivity index (χ1v) is 14.1. The number of amidine groups is 1. The lowest BCUT2D eigenvalue weighted by Gasteiger charge is -2.30. The number of aromatic nitrogens is 1. The predicted octanol–water partition coefficient (Wildman–Crippen LogP) is 7.94. The molecular weight excluding hydrogens is 565 g/mol. The number of aryl methyl sites for hydroxylation is 2. The van der Waals surface area contributed by atoms with Crippen molar-refractivity contribution < 1.29 is 4.79 Å². The SMILES string of the molecule is Cc1cc(-n2c(C)cc(/C=C3\SC(=Nc4ccccc4)N(C4CCCCC4)C3=O)c2C)ccc1I. The van der Waals surface area contributed by atoms with Gasteiger partial charge in [0.2, 0.25) is 0 Å². The molecule has 180 valence electrons. The highest BCUT2D eigenvalue weighted by Gasteiger charge is 2.38. The molecule has 4 nitrogen and oxygen atoms in total. The van der Waals surface area contributed by atoms with Crippen LogP contribution >= 0.6 is 34.4 Å². The molecule has 2 heterocycles. The van der Waals surface area contributed by atoms with Crippen LogP contribution in [0.2, 0.25) is 0 Å². The number of thioether (sulfide) groups is 1. The fraction of sp³-hybridized carbons (Fsp3) is 0.310. The minimum absolute atomic E-state index is 0.0893. The first kappa shape index (κ1) is 24.4. The van der Waals surface area contributed by atoms with Crippen molar-refractivity contribution in [3.8, 4) is 5.69 Å². The minimum atomic E-state index is 0.0893. The number of hydrogen-bond donors (Lipinski definition) is 0. The van der Waals surface area contributed by atoms with Gasteiger partial charge < -0.3 is 4.57 Å². The van der Waals surface area contributed by atoms with E-state index in [-0.39, 0.29) is 11.9 Å². The van der Waals surface area contributed by atoms with E-state index in [4.69, 9.17) is 4.99 Å². The van der Waals surface area contributed by atoms with Crippen molar-refractivity contribution >= 4 is 57.2 Å². The van der Waals surface area contributed by atoms with E-state index in [1.165, 1.54) is 40.2 Å². The number of benzene rings is 2. The van der Waals surface area contributed by atoms with E-state index in [1.807, 2.05) is 35.2 Å². The van der Waals surface area contributed by atoms with Crippen molar-refractivity contribution in [2.45, 2.75) is 58.9 Å². The molecule has 1 aliphatic carbocycles. The number of para-hydroxylation sites is 1. The van der Waals surface area contributed by atoms with Crippen LogP contribution in [-0.2, 0) is 4.79 Å². The van der Waals surface area contributed by atoms with Gasteiger partial charge in [0.05, 0.1) is 10.6 Å². The Kier molecular flexibility index (Phi) is 7.21. The third-order valence-corrected chi connectivity index (χ3v) is 9.11. The Morgan fingerprint density at radius 2 is 1.74 bits per heavy atom. The number of nitrogens with zero attached hydrogens (tertiary/aromatic N) is 3. The molecule has 0 bridgehead atoms. The largest absolute Gasteiger partial charge is 0.318 e. The highest BCUT2D eigenvalue weighted by atomic mass is 127. The van der Waals surface area contributed by atoms with Crippen LogP contribution in [0.1, 0.15) is 54.6 Å². The maximum atomic E-state index is 13.7. The molecular formula is C29H30IN3OS. The van der Waals surface area contributed by atoms with Gasteiger partial charge in [0.15, 0.2) is 5.17 Å². The minimum Gasteiger partial charge on any atom is -0.318 e. The summed E-state index contributed by atoms with van der Waals surface area (Å²) in [5.41, 5.74) is 6.69. The van der Waals surface area contributed by atoms with E-state index < -0.39 is 0 Å². The molecule has 0 unspecified atom stereocenters. The van der Waals surface area contributed by atoms with Gasteiger partial charge >= 0.3 is 0 Å². The van der Waals surface area contributed by atoms with Crippen molar-refractivity contribution in [2.24, 2.45) is 4.99 Å². The van der Waals surface area contributed by atoms with Crippen LogP contribution < -0.4 is 0 Å². The molecule has 1 saturated heterocycles. The van der Waals surface area contributed by atoms with Gasteiger partial charge in [-0.05, 0) is 122 Å². The number of aliphatic imine (C=N–C) groups is 1. The molecule has 6 heteroatoms. The number of hydrogen-bond acceptors (Lipinski definition) is 3. The van der Waals surface area contributed by atoms with E-state index >= 15 is 0 Å². The summed E-state index contributed by atoms with van der Waals surface area (Å²) in [6.45, 7) is 6.40. The number of carbonyl (C=O) groups excluding carboxylic acids is 1. The van der Waals surface area contributed by atoms with Crippen LogP contribution in [0.4, 0.5) is 5.69 Å². The van der Waals surface area contributed by atoms with Gasteiger partial charge in [0.25, 0.3) is 5.91 Å². The summed E-state index contributed by atoms with van der Waals surface area (Å²) in [6.07, 6.45) is 7.76. The maximum Gasteiger partial charge on any atom is 0.267 e. The zero-order valence-electron chi connectivity index (χ0n) is 20.4. The summed E-state index contributed by atoms with van der Waals surface area (Å²) < 4.78 is 3.54. The van der Waals surface area contributed by atoms with E-state index in [0.717, 1.165) is 51.2 Å². The molecule has 1 aromatic heterocycles. The second kappa shape index (κ2) is 10.3. The lowest BCUT2D eigenvalue weighted by Crippen LogP contribution is -2.40. The fourth-order valence-corrected chi connectivity index (χ4v) is 6.46. The van der Waals surface area contributed by atoms with Crippen LogP contribution in [0, 0.1) is 24.3 Å². The highest BCUT2D eigenvalue weighted by Crippen LogP contribution is 2.39. The average Bonchev–Trinajstić information content (AvgIpc) is 3.31. The van der Waals surface area contributed by atoms with Gasteiger partial charge in [-0.15, -0.1) is 0 Å². The van der Waals surface area contributed by atoms with E-state index in [1.54, 1.807) is 0 Å². The summed E-state index contributed by atoms with van der Waals surface area (Å²) in [6, 6.07) is 18.9. The Morgan fingerprint density at radius 3 is 2.46 bits per heavy atom. The second-order valence-corrected chi connectivity index (χ2v) is 11.6. The van der Waals surface area contributed by atoms with Crippen molar-refractivity contribution in [3.05, 3.63) is 85.6 Å². The monoisotopic (exact) mass is 595 g/mol. The zero-order valence-corrected chi connectivity index (χ0v) is 23.4. The quantitative estimate of drug-likeness (QED) is 0.227. The summed E-state index contributed by atoms with van der Waals surface area (Å²) in [4.78, 5) is 21.3. The van der Waals surface area contributed by atoms with Crippen LogP contribution in [0.5, 0.6) is 0 Å². The highest BCUT2D eigenvalue weighted by molar-refractivity contribution is 14.1. The predicted molar refractivity (Wildman–Crippen MR) is 156 cm³/mol. The van der Waals surface area contributed by atoms with Gasteiger partial charge in [-0.1, -0.05) is 37.5 Å². The summed E-state index contributed by atoms with van der Waals surface area (Å²) in [5, 5.41) is 0.807. The third-order valence-electron chi connectivity index (χ3n) is 6.91. The molecule has 3 aromatic rings. The molecule has 0 N–H and O–H groups in total. The molecule has 2 aliphatic rings. The molecule has 5 rings (SSSR count). The topological polar surface area (TPSA) is 37.6 Å². The van der Waals surface area contributed by atoms with Crippen LogP contribution in [-0.4, -0.2) is 26.6 Å². The molecule has 0 atom stereocenters. The number of halogens is 1. The zero-order chi connectivity index (χ0) is 24.5. The fourth-order valence-electron chi connectivity index (χ4n) is 5.08. The van der Waals surface area contributed by atoms with Crippen LogP contribution in [0.3, 0.4) is 0 Å². The van der Waals surface area contributed by atoms with Crippen molar-refractivity contribution in [1.82, 2.24) is 9.47 Å². The molecule has 1 saturated carbocycles. The van der Waals surface area contributed by atoms with Crippen molar-refractivity contribution in [1.29, 1.82) is 0 Å². The Bertz CT molecular complexity index is 1320. The van der Waals surface area contributed by atoms with Crippen LogP contribution in [0.25, 0.3) is 11.8 Å². The Hall–Kier alpha value is -2.32. The average molecular weight is 596 g/mol. The van der Waals surface area contributed by atoms with Gasteiger partial charge in [-0.2, -0.15) is 0 Å². The smallest absolute Gasteiger partial charge is 0.267 e. The summed E-state index contributed by atoms with van der Waals surface area (Å²) >= 11 is 3.88. The van der Waals surface area contributed by atoms with E-state index in [2.05, 4.69) is 78.3 Å². The Labute approximate surface area is 225 Å². The molecule has 2 fully saturated rings. The van der Waals surface area contributed by atoms with Gasteiger partial charge in [-0.25, -0.2) is 4.99 Å². The Morgan fingerprint density at radius 1 is 1.00 bits per heavy atom. The molecule has 2 aromatic carbocycles. The molecule has 0 spiro atoms. The number of amides is 1. The lowest BCUT2D eigenvalue weighted by atomic mass is 9.94. The third kappa shape index (κ3) is 5.00. The second-order valence-electron chi connectivity index (χ2n) is 9.40. The van der Waals surface area contributed by atoms with Gasteiger partial charge in [-0.3, -0.25) is 9.69 Å². The standard InChI is InChI=1S/C29H30IN3OS/c1-19-16-25(14-15-26(19)30)32-20(2)17-22(21(32)3)18-27-28(34)33(24-12-8-5-9-13-24)29(35-27)31-23-10-6-4-7-11-23/h4,6-7,10-11,14-18,24H,5,8-9,12-13H2,1-3H3/b27-18-,31-29?. The first-order valence-electron chi connectivity index (χ1n) is 12.2. The summed E-state index contributed by atoms with van der Waals surface area (Å²) in [7, 11) is 0. The molecule has 1 aliphatic heterocycles.